The Kier molecular flexibility index (Phi) is 8.19. The third-order valence-corrected chi connectivity index (χ3v) is 5.81. The van der Waals surface area contributed by atoms with Crippen LogP contribution in [0.3, 0.4) is 0 Å². The van der Waals surface area contributed by atoms with Gasteiger partial charge in [-0.3, -0.25) is 9.69 Å². The van der Waals surface area contributed by atoms with E-state index in [2.05, 4.69) is 11.6 Å². The van der Waals surface area contributed by atoms with Crippen LogP contribution in [0.5, 0.6) is 11.5 Å². The van der Waals surface area contributed by atoms with Crippen LogP contribution < -0.4 is 9.47 Å². The number of amidine groups is 1. The van der Waals surface area contributed by atoms with Crippen molar-refractivity contribution in [1.82, 2.24) is 4.90 Å². The highest BCUT2D eigenvalue weighted by atomic mass is 35.5. The highest BCUT2D eigenvalue weighted by Gasteiger charge is 2.32. The van der Waals surface area contributed by atoms with Gasteiger partial charge in [0.15, 0.2) is 16.7 Å². The van der Waals surface area contributed by atoms with Crippen LogP contribution in [0.25, 0.3) is 6.08 Å². The lowest BCUT2D eigenvalue weighted by atomic mass is 10.1. The number of hydrogen-bond acceptors (Lipinski definition) is 6. The third kappa shape index (κ3) is 5.77. The molecule has 1 N–H and O–H groups in total. The first-order valence-electron chi connectivity index (χ1n) is 10.2. The van der Waals surface area contributed by atoms with Gasteiger partial charge in [-0.2, -0.15) is 0 Å². The molecule has 1 heterocycles. The van der Waals surface area contributed by atoms with Crippen molar-refractivity contribution in [3.8, 4) is 11.5 Å². The molecule has 1 saturated heterocycles. The van der Waals surface area contributed by atoms with E-state index in [-0.39, 0.29) is 18.1 Å². The molecule has 0 spiro atoms. The van der Waals surface area contributed by atoms with Crippen molar-refractivity contribution in [3.63, 3.8) is 0 Å². The molecular weight excluding hydrogens is 464 g/mol. The molecule has 2 aromatic rings. The summed E-state index contributed by atoms with van der Waals surface area (Å²) in [7, 11) is 0. The van der Waals surface area contributed by atoms with E-state index in [4.69, 9.17) is 26.2 Å². The number of amides is 1. The van der Waals surface area contributed by atoms with Crippen LogP contribution in [0.4, 0.5) is 5.69 Å². The first-order valence-corrected chi connectivity index (χ1v) is 11.4. The Morgan fingerprint density at radius 1 is 1.24 bits per heavy atom. The van der Waals surface area contributed by atoms with Gasteiger partial charge in [0, 0.05) is 6.54 Å². The summed E-state index contributed by atoms with van der Waals surface area (Å²) in [6.07, 6.45) is 3.35. The molecule has 0 bridgehead atoms. The van der Waals surface area contributed by atoms with Gasteiger partial charge < -0.3 is 14.6 Å². The van der Waals surface area contributed by atoms with E-state index < -0.39 is 5.97 Å². The van der Waals surface area contributed by atoms with Crippen LogP contribution in [0.1, 0.15) is 29.8 Å². The van der Waals surface area contributed by atoms with Gasteiger partial charge in [-0.1, -0.05) is 24.3 Å². The number of carbonyl (C=O) groups is 2. The molecule has 33 heavy (non-hydrogen) atoms. The number of carboxylic acids is 1. The van der Waals surface area contributed by atoms with E-state index in [1.165, 1.54) is 23.9 Å². The van der Waals surface area contributed by atoms with Crippen LogP contribution >= 0.6 is 23.4 Å². The molecule has 3 rings (SSSR count). The average molecular weight is 487 g/mol. The van der Waals surface area contributed by atoms with E-state index in [0.717, 1.165) is 0 Å². The number of thioether (sulfide) groups is 1. The molecule has 1 aliphatic heterocycles. The Morgan fingerprint density at radius 2 is 1.97 bits per heavy atom. The normalized spacial score (nSPS) is 15.8. The molecule has 1 fully saturated rings. The number of hydrogen-bond donors (Lipinski definition) is 1. The fourth-order valence-corrected chi connectivity index (χ4v) is 4.36. The van der Waals surface area contributed by atoms with E-state index in [1.807, 2.05) is 13.8 Å². The molecule has 0 unspecified atom stereocenters. The average Bonchev–Trinajstić information content (AvgIpc) is 3.07. The minimum Gasteiger partial charge on any atom is -0.490 e. The number of carbonyl (C=O) groups excluding carboxylic acids is 1. The number of likely N-dealkylation sites (N-methyl/N-ethyl adjacent to an activating group) is 1. The van der Waals surface area contributed by atoms with Crippen LogP contribution in [0.2, 0.25) is 5.02 Å². The first-order chi connectivity index (χ1) is 15.9. The highest BCUT2D eigenvalue weighted by Crippen LogP contribution is 2.39. The van der Waals surface area contributed by atoms with E-state index in [1.54, 1.807) is 41.3 Å². The Balaban J connectivity index is 1.93. The maximum Gasteiger partial charge on any atom is 0.335 e. The number of nitrogens with zero attached hydrogens (tertiary/aromatic N) is 2. The molecule has 172 valence electrons. The quantitative estimate of drug-likeness (QED) is 0.365. The zero-order valence-electron chi connectivity index (χ0n) is 18.2. The molecule has 0 saturated carbocycles. The van der Waals surface area contributed by atoms with Crippen molar-refractivity contribution in [3.05, 3.63) is 70.1 Å². The van der Waals surface area contributed by atoms with Crippen LogP contribution in [0, 0.1) is 0 Å². The number of ether oxygens (including phenoxy) is 2. The second-order valence-corrected chi connectivity index (χ2v) is 8.19. The summed E-state index contributed by atoms with van der Waals surface area (Å²) in [6, 6.07) is 9.64. The molecule has 0 aromatic heterocycles. The number of halogens is 1. The number of rotatable bonds is 9. The van der Waals surface area contributed by atoms with Gasteiger partial charge in [0.2, 0.25) is 0 Å². The molecule has 9 heteroatoms. The summed E-state index contributed by atoms with van der Waals surface area (Å²) in [6.45, 7) is 8.51. The summed E-state index contributed by atoms with van der Waals surface area (Å²) in [4.78, 5) is 30.6. The fourth-order valence-electron chi connectivity index (χ4n) is 3.03. The monoisotopic (exact) mass is 486 g/mol. The van der Waals surface area contributed by atoms with E-state index in [0.29, 0.717) is 51.0 Å². The Hall–Kier alpha value is -3.23. The first kappa shape index (κ1) is 24.4. The summed E-state index contributed by atoms with van der Waals surface area (Å²) in [5, 5.41) is 9.93. The molecule has 0 aliphatic carbocycles. The van der Waals surface area contributed by atoms with Crippen molar-refractivity contribution in [2.75, 3.05) is 19.8 Å². The van der Waals surface area contributed by atoms with Gasteiger partial charge in [0.05, 0.1) is 27.8 Å². The van der Waals surface area contributed by atoms with E-state index in [9.17, 15) is 9.59 Å². The largest absolute Gasteiger partial charge is 0.490 e. The number of benzene rings is 2. The molecule has 1 aliphatic rings. The Labute approximate surface area is 201 Å². The maximum absolute atomic E-state index is 13.0. The minimum atomic E-state index is -1.01. The van der Waals surface area contributed by atoms with Crippen molar-refractivity contribution in [2.45, 2.75) is 13.8 Å². The molecule has 0 atom stereocenters. The molecule has 1 amide bonds. The van der Waals surface area contributed by atoms with Gasteiger partial charge >= 0.3 is 5.97 Å². The van der Waals surface area contributed by atoms with E-state index >= 15 is 0 Å². The summed E-state index contributed by atoms with van der Waals surface area (Å²) < 4.78 is 11.3. The second-order valence-electron chi connectivity index (χ2n) is 6.77. The van der Waals surface area contributed by atoms with Crippen molar-refractivity contribution in [1.29, 1.82) is 0 Å². The number of carboxylic acid groups (broad SMARTS) is 1. The minimum absolute atomic E-state index is 0.171. The fraction of sp³-hybridized carbons (Fsp3) is 0.208. The molecule has 0 radical (unpaired) electrons. The topological polar surface area (TPSA) is 88.4 Å². The third-order valence-electron chi connectivity index (χ3n) is 4.52. The summed E-state index contributed by atoms with van der Waals surface area (Å²) in [5.74, 6) is -0.280. The smallest absolute Gasteiger partial charge is 0.335 e. The summed E-state index contributed by atoms with van der Waals surface area (Å²) >= 11 is 7.66. The Morgan fingerprint density at radius 3 is 2.58 bits per heavy atom. The van der Waals surface area contributed by atoms with Crippen LogP contribution in [-0.4, -0.2) is 46.8 Å². The zero-order chi connectivity index (χ0) is 24.0. The molecule has 7 nitrogen and oxygen atoms in total. The highest BCUT2D eigenvalue weighted by molar-refractivity contribution is 8.18. The lowest BCUT2D eigenvalue weighted by molar-refractivity contribution is -0.122. The van der Waals surface area contributed by atoms with Gasteiger partial charge in [-0.15, -0.1) is 0 Å². The Bertz CT molecular complexity index is 1130. The lowest BCUT2D eigenvalue weighted by Crippen LogP contribution is -2.28. The predicted molar refractivity (Wildman–Crippen MR) is 132 cm³/mol. The number of aliphatic imine (C=N–C) groups is 1. The standard InChI is InChI=1S/C24H23ClN2O5S/c1-4-11-32-21-18(25)12-15(13-19(21)31-6-3)14-20-22(28)27(5-2)24(33-20)26-17-9-7-16(8-10-17)23(29)30/h4,7-10,12-14H,1,5-6,11H2,2-3H3,(H,29,30)/b20-14-,26-24?. The number of aromatic carboxylic acids is 1. The van der Waals surface area contributed by atoms with Gasteiger partial charge in [0.1, 0.15) is 6.61 Å². The van der Waals surface area contributed by atoms with Crippen LogP contribution in [-0.2, 0) is 4.79 Å². The predicted octanol–water partition coefficient (Wildman–Crippen LogP) is 5.63. The summed E-state index contributed by atoms with van der Waals surface area (Å²) in [5.41, 5.74) is 1.42. The van der Waals surface area contributed by atoms with Crippen molar-refractivity contribution >= 4 is 52.2 Å². The maximum atomic E-state index is 13.0. The zero-order valence-corrected chi connectivity index (χ0v) is 19.8. The van der Waals surface area contributed by atoms with Gasteiger partial charge in [0.25, 0.3) is 5.91 Å². The SMILES string of the molecule is C=CCOc1c(Cl)cc(/C=C2\SC(=Nc3ccc(C(=O)O)cc3)N(CC)C2=O)cc1OCC. The molecule has 2 aromatic carbocycles. The second kappa shape index (κ2) is 11.1. The molecular formula is C24H23ClN2O5S. The van der Waals surface area contributed by atoms with Crippen molar-refractivity contribution < 1.29 is 24.2 Å². The van der Waals surface area contributed by atoms with Gasteiger partial charge in [-0.05, 0) is 73.6 Å². The van der Waals surface area contributed by atoms with Crippen LogP contribution in [0.15, 0.2) is 59.0 Å². The lowest BCUT2D eigenvalue weighted by Gasteiger charge is -2.13. The van der Waals surface area contributed by atoms with Crippen molar-refractivity contribution in [2.24, 2.45) is 4.99 Å². The van der Waals surface area contributed by atoms with Gasteiger partial charge in [-0.25, -0.2) is 9.79 Å².